The summed E-state index contributed by atoms with van der Waals surface area (Å²) in [5.74, 6) is 1.27. The molecule has 1 aliphatic rings. The first-order chi connectivity index (χ1) is 11.5. The molecule has 126 valence electrons. The van der Waals surface area contributed by atoms with Gasteiger partial charge in [0, 0.05) is 12.6 Å². The molecule has 0 aromatic heterocycles. The number of nitrogens with one attached hydrogen (secondary N) is 1. The molecule has 2 aromatic rings. The number of nitrogens with zero attached hydrogens (tertiary/aromatic N) is 1. The molecule has 1 N–H and O–H groups in total. The summed E-state index contributed by atoms with van der Waals surface area (Å²) in [6.07, 6.45) is 0.413. The fourth-order valence-corrected chi connectivity index (χ4v) is 3.54. The highest BCUT2D eigenvalue weighted by Crippen LogP contribution is 2.32. The molecule has 0 amide bonds. The largest absolute Gasteiger partial charge is 0.454 e. The van der Waals surface area contributed by atoms with Crippen LogP contribution in [0.4, 0.5) is 5.69 Å². The van der Waals surface area contributed by atoms with Crippen molar-refractivity contribution in [1.29, 1.82) is 0 Å². The average molecular weight is 350 g/mol. The van der Waals surface area contributed by atoms with Gasteiger partial charge in [-0.05, 0) is 30.2 Å². The Bertz CT molecular complexity index is 881. The van der Waals surface area contributed by atoms with Crippen LogP contribution in [0.2, 0.25) is 0 Å². The maximum Gasteiger partial charge on any atom is 0.289 e. The molecule has 1 heterocycles. The number of rotatable bonds is 6. The molecule has 2 aromatic carbocycles. The summed E-state index contributed by atoms with van der Waals surface area (Å²) in [5, 5.41) is 11.0. The number of nitro benzene ring substituents is 1. The molecule has 8 nitrogen and oxygen atoms in total. The molecule has 0 unspecified atom stereocenters. The molecular formula is C15H14N2O6S. The Hall–Kier alpha value is -2.65. The van der Waals surface area contributed by atoms with Crippen molar-refractivity contribution in [2.24, 2.45) is 0 Å². The van der Waals surface area contributed by atoms with Crippen molar-refractivity contribution in [2.75, 3.05) is 13.3 Å². The van der Waals surface area contributed by atoms with Crippen LogP contribution < -0.4 is 14.2 Å². The van der Waals surface area contributed by atoms with Crippen molar-refractivity contribution in [3.05, 3.63) is 58.1 Å². The van der Waals surface area contributed by atoms with Gasteiger partial charge in [-0.3, -0.25) is 10.1 Å². The van der Waals surface area contributed by atoms with Crippen molar-refractivity contribution in [2.45, 2.75) is 11.3 Å². The number of para-hydroxylation sites is 1. The van der Waals surface area contributed by atoms with E-state index in [2.05, 4.69) is 4.72 Å². The van der Waals surface area contributed by atoms with E-state index >= 15 is 0 Å². The molecule has 9 heteroatoms. The molecule has 0 aliphatic carbocycles. The van der Waals surface area contributed by atoms with E-state index in [0.717, 1.165) is 11.6 Å². The molecule has 1 aliphatic heterocycles. The lowest BCUT2D eigenvalue weighted by Crippen LogP contribution is -2.26. The number of hydrogen-bond donors (Lipinski definition) is 1. The summed E-state index contributed by atoms with van der Waals surface area (Å²) in [6.45, 7) is 0.275. The van der Waals surface area contributed by atoms with E-state index in [0.29, 0.717) is 17.9 Å². The van der Waals surface area contributed by atoms with Crippen LogP contribution in [0, 0.1) is 10.1 Å². The summed E-state index contributed by atoms with van der Waals surface area (Å²) in [6, 6.07) is 10.6. The Balaban J connectivity index is 1.69. The van der Waals surface area contributed by atoms with E-state index in [9.17, 15) is 18.5 Å². The second-order valence-corrected chi connectivity index (χ2v) is 6.80. The second-order valence-electron chi connectivity index (χ2n) is 5.06. The standard InChI is InChI=1S/C15H14N2O6S/c18-17(19)12-3-1-2-4-15(12)24(20,21)16-8-7-11-5-6-13-14(9-11)23-10-22-13/h1-6,9,16H,7-8,10H2. The fourth-order valence-electron chi connectivity index (χ4n) is 2.34. The lowest BCUT2D eigenvalue weighted by atomic mass is 10.1. The number of sulfonamides is 1. The van der Waals surface area contributed by atoms with Gasteiger partial charge in [0.05, 0.1) is 4.92 Å². The van der Waals surface area contributed by atoms with E-state index in [1.54, 1.807) is 12.1 Å². The molecule has 0 spiro atoms. The van der Waals surface area contributed by atoms with Crippen LogP contribution in [-0.2, 0) is 16.4 Å². The van der Waals surface area contributed by atoms with Crippen LogP contribution in [0.5, 0.6) is 11.5 Å². The van der Waals surface area contributed by atoms with Gasteiger partial charge >= 0.3 is 0 Å². The first-order valence-corrected chi connectivity index (χ1v) is 8.57. The monoisotopic (exact) mass is 350 g/mol. The number of ether oxygens (including phenoxy) is 2. The maximum atomic E-state index is 12.3. The molecule has 24 heavy (non-hydrogen) atoms. The minimum atomic E-state index is -3.97. The van der Waals surface area contributed by atoms with Gasteiger partial charge < -0.3 is 9.47 Å². The van der Waals surface area contributed by atoms with Gasteiger partial charge in [0.2, 0.25) is 16.8 Å². The second kappa shape index (κ2) is 6.46. The predicted molar refractivity (Wildman–Crippen MR) is 84.6 cm³/mol. The van der Waals surface area contributed by atoms with Gasteiger partial charge in [-0.25, -0.2) is 13.1 Å². The number of hydrogen-bond acceptors (Lipinski definition) is 6. The van der Waals surface area contributed by atoms with Gasteiger partial charge in [-0.15, -0.1) is 0 Å². The van der Waals surface area contributed by atoms with E-state index in [-0.39, 0.29) is 18.2 Å². The zero-order valence-corrected chi connectivity index (χ0v) is 13.3. The smallest absolute Gasteiger partial charge is 0.289 e. The third-order valence-corrected chi connectivity index (χ3v) is 5.00. The molecule has 0 fully saturated rings. The van der Waals surface area contributed by atoms with Gasteiger partial charge in [0.1, 0.15) is 0 Å². The Kier molecular flexibility index (Phi) is 4.36. The molecule has 3 rings (SSSR count). The number of fused-ring (bicyclic) bond motifs is 1. The topological polar surface area (TPSA) is 108 Å². The van der Waals surface area contributed by atoms with Crippen molar-refractivity contribution in [1.82, 2.24) is 4.72 Å². The predicted octanol–water partition coefficient (Wildman–Crippen LogP) is 1.84. The van der Waals surface area contributed by atoms with Crippen LogP contribution in [-0.4, -0.2) is 26.7 Å². The van der Waals surface area contributed by atoms with Crippen LogP contribution in [0.1, 0.15) is 5.56 Å². The highest BCUT2D eigenvalue weighted by Gasteiger charge is 2.24. The van der Waals surface area contributed by atoms with Gasteiger partial charge in [-0.2, -0.15) is 0 Å². The van der Waals surface area contributed by atoms with Crippen LogP contribution in [0.3, 0.4) is 0 Å². The molecular weight excluding hydrogens is 336 g/mol. The van der Waals surface area contributed by atoms with Gasteiger partial charge in [-0.1, -0.05) is 18.2 Å². The van der Waals surface area contributed by atoms with Crippen LogP contribution >= 0.6 is 0 Å². The van der Waals surface area contributed by atoms with Gasteiger partial charge in [0.25, 0.3) is 5.69 Å². The van der Waals surface area contributed by atoms with Crippen molar-refractivity contribution in [3.8, 4) is 11.5 Å². The Morgan fingerprint density at radius 1 is 1.12 bits per heavy atom. The fraction of sp³-hybridized carbons (Fsp3) is 0.200. The highest BCUT2D eigenvalue weighted by molar-refractivity contribution is 7.89. The zero-order valence-electron chi connectivity index (χ0n) is 12.5. The lowest BCUT2D eigenvalue weighted by Gasteiger charge is -2.08. The maximum absolute atomic E-state index is 12.3. The third kappa shape index (κ3) is 3.31. The summed E-state index contributed by atoms with van der Waals surface area (Å²) >= 11 is 0. The normalized spacial score (nSPS) is 13.0. The molecule has 0 radical (unpaired) electrons. The third-order valence-electron chi connectivity index (χ3n) is 3.49. The average Bonchev–Trinajstić information content (AvgIpc) is 3.02. The molecule has 0 atom stereocenters. The van der Waals surface area contributed by atoms with Crippen molar-refractivity contribution < 1.29 is 22.8 Å². The summed E-state index contributed by atoms with van der Waals surface area (Å²) in [4.78, 5) is 9.90. The molecule has 0 bridgehead atoms. The zero-order chi connectivity index (χ0) is 17.2. The van der Waals surface area contributed by atoms with E-state index in [1.165, 1.54) is 18.2 Å². The van der Waals surface area contributed by atoms with E-state index < -0.39 is 20.6 Å². The highest BCUT2D eigenvalue weighted by atomic mass is 32.2. The summed E-state index contributed by atoms with van der Waals surface area (Å²) in [5.41, 5.74) is 0.414. The summed E-state index contributed by atoms with van der Waals surface area (Å²) < 4.78 is 37.4. The molecule has 0 saturated heterocycles. The van der Waals surface area contributed by atoms with Crippen LogP contribution in [0.15, 0.2) is 47.4 Å². The molecule has 0 saturated carbocycles. The Labute approximate surface area is 138 Å². The summed E-state index contributed by atoms with van der Waals surface area (Å²) in [7, 11) is -3.97. The minimum absolute atomic E-state index is 0.105. The van der Waals surface area contributed by atoms with Crippen molar-refractivity contribution >= 4 is 15.7 Å². The van der Waals surface area contributed by atoms with Crippen molar-refractivity contribution in [3.63, 3.8) is 0 Å². The number of nitro groups is 1. The minimum Gasteiger partial charge on any atom is -0.454 e. The quantitative estimate of drug-likeness (QED) is 0.629. The first kappa shape index (κ1) is 16.2. The van der Waals surface area contributed by atoms with Crippen LogP contribution in [0.25, 0.3) is 0 Å². The lowest BCUT2D eigenvalue weighted by molar-refractivity contribution is -0.387. The SMILES string of the molecule is O=[N+]([O-])c1ccccc1S(=O)(=O)NCCc1ccc2c(c1)OCO2. The Morgan fingerprint density at radius 3 is 2.67 bits per heavy atom. The Morgan fingerprint density at radius 2 is 1.88 bits per heavy atom. The first-order valence-electron chi connectivity index (χ1n) is 7.09. The van der Waals surface area contributed by atoms with Gasteiger partial charge in [0.15, 0.2) is 16.4 Å². The van der Waals surface area contributed by atoms with E-state index in [4.69, 9.17) is 9.47 Å². The van der Waals surface area contributed by atoms with E-state index in [1.807, 2.05) is 6.07 Å². The number of benzene rings is 2.